The topological polar surface area (TPSA) is 74.8 Å². The van der Waals surface area contributed by atoms with Crippen LogP contribution in [0.1, 0.15) is 31.9 Å². The molecule has 1 atom stereocenters. The molecule has 1 aliphatic rings. The predicted octanol–water partition coefficient (Wildman–Crippen LogP) is 2.16. The average molecular weight is 312 g/mol. The molecular formula is C17H24N6. The van der Waals surface area contributed by atoms with Crippen molar-refractivity contribution in [3.05, 3.63) is 36.2 Å². The van der Waals surface area contributed by atoms with Crippen molar-refractivity contribution < 1.29 is 0 Å². The third-order valence-corrected chi connectivity index (χ3v) is 3.99. The summed E-state index contributed by atoms with van der Waals surface area (Å²) >= 11 is 0. The zero-order chi connectivity index (χ0) is 15.9. The highest BCUT2D eigenvalue weighted by molar-refractivity contribution is 5.52. The van der Waals surface area contributed by atoms with E-state index in [-0.39, 0.29) is 0 Å². The Labute approximate surface area is 137 Å². The van der Waals surface area contributed by atoms with Crippen LogP contribution in [0.2, 0.25) is 0 Å². The van der Waals surface area contributed by atoms with Gasteiger partial charge in [-0.05, 0) is 37.8 Å². The van der Waals surface area contributed by atoms with Gasteiger partial charge in [0.15, 0.2) is 5.82 Å². The number of aromatic nitrogens is 3. The average Bonchev–Trinajstić information content (AvgIpc) is 3.13. The van der Waals surface area contributed by atoms with Crippen LogP contribution in [-0.4, -0.2) is 34.1 Å². The lowest BCUT2D eigenvalue weighted by Gasteiger charge is -2.11. The molecule has 1 aliphatic heterocycles. The lowest BCUT2D eigenvalue weighted by atomic mass is 10.1. The highest BCUT2D eigenvalue weighted by Crippen LogP contribution is 2.16. The number of hydrogen-bond acceptors (Lipinski definition) is 6. The van der Waals surface area contributed by atoms with E-state index in [2.05, 4.69) is 38.0 Å². The first-order valence-electron chi connectivity index (χ1n) is 8.37. The molecule has 1 fully saturated rings. The van der Waals surface area contributed by atoms with E-state index < -0.39 is 0 Å². The van der Waals surface area contributed by atoms with E-state index in [1.807, 2.05) is 24.3 Å². The summed E-state index contributed by atoms with van der Waals surface area (Å²) in [6.07, 6.45) is 6.14. The highest BCUT2D eigenvalue weighted by atomic mass is 15.4. The minimum absolute atomic E-state index is 0.595. The Kier molecular flexibility index (Phi) is 5.50. The first-order valence-corrected chi connectivity index (χ1v) is 8.37. The fraction of sp³-hybridized carbons (Fsp3) is 0.471. The van der Waals surface area contributed by atoms with Crippen LogP contribution < -0.4 is 16.2 Å². The Morgan fingerprint density at radius 1 is 1.30 bits per heavy atom. The molecule has 0 aromatic carbocycles. The van der Waals surface area contributed by atoms with Gasteiger partial charge < -0.3 is 5.32 Å². The standard InChI is InChI=1S/C17H24N6/c1-2-13-12-16(19-10-5-6-14-8-11-20-23-14)22-17(21-13)15-7-3-4-9-18-15/h3-4,7,9,12,14,20,23H,2,5-6,8,10-11H2,1H3,(H,19,21,22). The number of aryl methyl sites for hydroxylation is 1. The van der Waals surface area contributed by atoms with Crippen LogP contribution in [0.4, 0.5) is 5.82 Å². The molecule has 3 rings (SSSR count). The lowest BCUT2D eigenvalue weighted by Crippen LogP contribution is -2.30. The molecule has 2 aromatic heterocycles. The molecule has 0 bridgehead atoms. The number of nitrogens with one attached hydrogen (secondary N) is 3. The van der Waals surface area contributed by atoms with Crippen LogP contribution in [0.25, 0.3) is 11.5 Å². The van der Waals surface area contributed by atoms with Crippen LogP contribution >= 0.6 is 0 Å². The van der Waals surface area contributed by atoms with Crippen molar-refractivity contribution in [1.29, 1.82) is 0 Å². The molecule has 1 unspecified atom stereocenters. The summed E-state index contributed by atoms with van der Waals surface area (Å²) in [6.45, 7) is 4.09. The maximum Gasteiger partial charge on any atom is 0.180 e. The normalized spacial score (nSPS) is 17.3. The largest absolute Gasteiger partial charge is 0.370 e. The fourth-order valence-electron chi connectivity index (χ4n) is 2.70. The summed E-state index contributed by atoms with van der Waals surface area (Å²) in [5, 5.41) is 3.43. The predicted molar refractivity (Wildman–Crippen MR) is 91.9 cm³/mol. The molecule has 3 N–H and O–H groups in total. The van der Waals surface area contributed by atoms with Gasteiger partial charge in [0.2, 0.25) is 0 Å². The first-order chi connectivity index (χ1) is 11.3. The number of hydrazine groups is 1. The Morgan fingerprint density at radius 3 is 3.00 bits per heavy atom. The third kappa shape index (κ3) is 4.46. The number of rotatable bonds is 7. The molecule has 6 nitrogen and oxygen atoms in total. The SMILES string of the molecule is CCc1cc(NCCCC2CCNN2)nc(-c2ccccn2)n1. The van der Waals surface area contributed by atoms with E-state index in [1.54, 1.807) is 6.20 Å². The van der Waals surface area contributed by atoms with Gasteiger partial charge in [0.1, 0.15) is 11.5 Å². The van der Waals surface area contributed by atoms with E-state index in [9.17, 15) is 0 Å². The second-order valence-electron chi connectivity index (χ2n) is 5.76. The number of hydrogen-bond donors (Lipinski definition) is 3. The van der Waals surface area contributed by atoms with Gasteiger partial charge in [-0.1, -0.05) is 13.0 Å². The second-order valence-corrected chi connectivity index (χ2v) is 5.76. The maximum absolute atomic E-state index is 4.61. The Balaban J connectivity index is 1.61. The lowest BCUT2D eigenvalue weighted by molar-refractivity contribution is 0.511. The van der Waals surface area contributed by atoms with Crippen LogP contribution in [0.5, 0.6) is 0 Å². The van der Waals surface area contributed by atoms with Crippen molar-refractivity contribution in [2.45, 2.75) is 38.6 Å². The van der Waals surface area contributed by atoms with Crippen molar-refractivity contribution >= 4 is 5.82 Å². The van der Waals surface area contributed by atoms with Crippen LogP contribution in [0.15, 0.2) is 30.5 Å². The van der Waals surface area contributed by atoms with Gasteiger partial charge in [0.25, 0.3) is 0 Å². The Hall–Kier alpha value is -2.05. The smallest absolute Gasteiger partial charge is 0.180 e. The minimum Gasteiger partial charge on any atom is -0.370 e. The third-order valence-electron chi connectivity index (χ3n) is 3.99. The van der Waals surface area contributed by atoms with Gasteiger partial charge in [-0.15, -0.1) is 0 Å². The monoisotopic (exact) mass is 312 g/mol. The van der Waals surface area contributed by atoms with Crippen molar-refractivity contribution in [3.8, 4) is 11.5 Å². The molecule has 0 amide bonds. The van der Waals surface area contributed by atoms with Crippen molar-refractivity contribution in [2.24, 2.45) is 0 Å². The Morgan fingerprint density at radius 2 is 2.26 bits per heavy atom. The van der Waals surface area contributed by atoms with Crippen LogP contribution in [0, 0.1) is 0 Å². The quantitative estimate of drug-likeness (QED) is 0.680. The molecule has 122 valence electrons. The van der Waals surface area contributed by atoms with Crippen molar-refractivity contribution in [1.82, 2.24) is 25.8 Å². The van der Waals surface area contributed by atoms with Crippen LogP contribution in [-0.2, 0) is 6.42 Å². The zero-order valence-corrected chi connectivity index (χ0v) is 13.5. The van der Waals surface area contributed by atoms with Gasteiger partial charge in [-0.3, -0.25) is 15.8 Å². The van der Waals surface area contributed by atoms with Crippen LogP contribution in [0.3, 0.4) is 0 Å². The number of pyridine rings is 1. The molecular weight excluding hydrogens is 288 g/mol. The summed E-state index contributed by atoms with van der Waals surface area (Å²) in [4.78, 5) is 13.5. The summed E-state index contributed by atoms with van der Waals surface area (Å²) in [5.74, 6) is 1.57. The molecule has 0 spiro atoms. The van der Waals surface area contributed by atoms with E-state index in [1.165, 1.54) is 12.8 Å². The van der Waals surface area contributed by atoms with Crippen molar-refractivity contribution in [2.75, 3.05) is 18.4 Å². The van der Waals surface area contributed by atoms with Gasteiger partial charge in [-0.25, -0.2) is 9.97 Å². The summed E-state index contributed by atoms with van der Waals surface area (Å²) in [7, 11) is 0. The molecule has 2 aromatic rings. The Bertz CT molecular complexity index is 610. The summed E-state index contributed by atoms with van der Waals surface area (Å²) < 4.78 is 0. The van der Waals surface area contributed by atoms with Gasteiger partial charge in [-0.2, -0.15) is 0 Å². The molecule has 23 heavy (non-hydrogen) atoms. The molecule has 3 heterocycles. The molecule has 0 aliphatic carbocycles. The van der Waals surface area contributed by atoms with E-state index in [0.29, 0.717) is 11.9 Å². The zero-order valence-electron chi connectivity index (χ0n) is 13.5. The molecule has 0 saturated carbocycles. The summed E-state index contributed by atoms with van der Waals surface area (Å²) in [6, 6.07) is 8.43. The van der Waals surface area contributed by atoms with Gasteiger partial charge in [0, 0.05) is 37.1 Å². The molecule has 0 radical (unpaired) electrons. The first kappa shape index (κ1) is 15.8. The molecule has 1 saturated heterocycles. The molecule has 6 heteroatoms. The number of nitrogens with zero attached hydrogens (tertiary/aromatic N) is 3. The maximum atomic E-state index is 4.61. The van der Waals surface area contributed by atoms with Gasteiger partial charge in [0.05, 0.1) is 0 Å². The van der Waals surface area contributed by atoms with E-state index in [4.69, 9.17) is 0 Å². The van der Waals surface area contributed by atoms with E-state index >= 15 is 0 Å². The minimum atomic E-state index is 0.595. The number of anilines is 1. The highest BCUT2D eigenvalue weighted by Gasteiger charge is 2.12. The van der Waals surface area contributed by atoms with E-state index in [0.717, 1.165) is 43.1 Å². The van der Waals surface area contributed by atoms with Gasteiger partial charge >= 0.3 is 0 Å². The van der Waals surface area contributed by atoms with Crippen molar-refractivity contribution in [3.63, 3.8) is 0 Å². The summed E-state index contributed by atoms with van der Waals surface area (Å²) in [5.41, 5.74) is 8.31. The second kappa shape index (κ2) is 7.99. The fourth-order valence-corrected chi connectivity index (χ4v) is 2.70.